The van der Waals surface area contributed by atoms with Gasteiger partial charge in [0.2, 0.25) is 0 Å². The van der Waals surface area contributed by atoms with Crippen LogP contribution >= 0.6 is 0 Å². The predicted octanol–water partition coefficient (Wildman–Crippen LogP) is 3.52. The molecule has 0 aromatic heterocycles. The van der Waals surface area contributed by atoms with Gasteiger partial charge in [0.1, 0.15) is 0 Å². The first-order valence-corrected chi connectivity index (χ1v) is 7.55. The molecule has 2 heteroatoms. The fraction of sp³-hybridized carbons (Fsp3) is 0.588. The summed E-state index contributed by atoms with van der Waals surface area (Å²) in [5.74, 6) is 0.205. The topological polar surface area (TPSA) is 35.8 Å². The van der Waals surface area contributed by atoms with Crippen molar-refractivity contribution in [2.45, 2.75) is 57.5 Å². The summed E-state index contributed by atoms with van der Waals surface area (Å²) in [7, 11) is 0. The van der Waals surface area contributed by atoms with E-state index in [4.69, 9.17) is 5.26 Å². The Morgan fingerprint density at radius 1 is 1.21 bits per heavy atom. The fourth-order valence-electron chi connectivity index (χ4n) is 3.59. The van der Waals surface area contributed by atoms with Crippen molar-refractivity contribution in [2.24, 2.45) is 5.92 Å². The fourth-order valence-corrected chi connectivity index (χ4v) is 3.59. The van der Waals surface area contributed by atoms with Gasteiger partial charge in [-0.1, -0.05) is 24.6 Å². The van der Waals surface area contributed by atoms with Crippen LogP contribution in [0.3, 0.4) is 0 Å². The predicted molar refractivity (Wildman–Crippen MR) is 76.8 cm³/mol. The van der Waals surface area contributed by atoms with Crippen molar-refractivity contribution >= 4 is 0 Å². The van der Waals surface area contributed by atoms with Crippen LogP contribution in [0.2, 0.25) is 0 Å². The SMILES string of the molecule is CC(NC1CCCC1C#N)c1ccc2c(c1)CCC2. The third kappa shape index (κ3) is 2.53. The van der Waals surface area contributed by atoms with Gasteiger partial charge in [-0.05, 0) is 55.7 Å². The van der Waals surface area contributed by atoms with Crippen molar-refractivity contribution in [3.05, 3.63) is 34.9 Å². The Morgan fingerprint density at radius 3 is 2.89 bits per heavy atom. The first kappa shape index (κ1) is 12.7. The lowest BCUT2D eigenvalue weighted by Gasteiger charge is -2.22. The molecule has 0 spiro atoms. The lowest BCUT2D eigenvalue weighted by molar-refractivity contribution is 0.417. The lowest BCUT2D eigenvalue weighted by Crippen LogP contribution is -2.33. The molecule has 3 atom stereocenters. The van der Waals surface area contributed by atoms with Crippen molar-refractivity contribution < 1.29 is 0 Å². The molecule has 2 nitrogen and oxygen atoms in total. The molecule has 1 N–H and O–H groups in total. The molecule has 100 valence electrons. The van der Waals surface area contributed by atoms with E-state index in [1.165, 1.54) is 42.4 Å². The largest absolute Gasteiger partial charge is 0.306 e. The maximum atomic E-state index is 9.16. The van der Waals surface area contributed by atoms with E-state index in [-0.39, 0.29) is 5.92 Å². The molecule has 2 aliphatic carbocycles. The number of nitriles is 1. The van der Waals surface area contributed by atoms with Crippen molar-refractivity contribution in [3.63, 3.8) is 0 Å². The van der Waals surface area contributed by atoms with Gasteiger partial charge >= 0.3 is 0 Å². The van der Waals surface area contributed by atoms with Gasteiger partial charge in [0.15, 0.2) is 0 Å². The van der Waals surface area contributed by atoms with E-state index in [2.05, 4.69) is 36.5 Å². The Hall–Kier alpha value is -1.33. The van der Waals surface area contributed by atoms with E-state index in [0.717, 1.165) is 12.8 Å². The van der Waals surface area contributed by atoms with E-state index in [1.807, 2.05) is 0 Å². The number of fused-ring (bicyclic) bond motifs is 1. The molecule has 1 saturated carbocycles. The van der Waals surface area contributed by atoms with Crippen LogP contribution in [0.4, 0.5) is 0 Å². The Morgan fingerprint density at radius 2 is 2.05 bits per heavy atom. The molecule has 19 heavy (non-hydrogen) atoms. The van der Waals surface area contributed by atoms with Gasteiger partial charge in [0.05, 0.1) is 12.0 Å². The number of hydrogen-bond donors (Lipinski definition) is 1. The van der Waals surface area contributed by atoms with Crippen LogP contribution in [0.15, 0.2) is 18.2 Å². The molecule has 2 aliphatic rings. The third-order valence-electron chi connectivity index (χ3n) is 4.77. The van der Waals surface area contributed by atoms with Crippen molar-refractivity contribution in [1.82, 2.24) is 5.32 Å². The van der Waals surface area contributed by atoms with Crippen LogP contribution in [0.1, 0.15) is 55.3 Å². The molecular formula is C17H22N2. The quantitative estimate of drug-likeness (QED) is 0.896. The van der Waals surface area contributed by atoms with Crippen molar-refractivity contribution in [1.29, 1.82) is 5.26 Å². The minimum absolute atomic E-state index is 0.205. The minimum Gasteiger partial charge on any atom is -0.306 e. The Labute approximate surface area is 115 Å². The molecule has 1 fully saturated rings. The zero-order valence-electron chi connectivity index (χ0n) is 11.7. The van der Waals surface area contributed by atoms with Crippen LogP contribution in [0, 0.1) is 17.2 Å². The first-order valence-electron chi connectivity index (χ1n) is 7.55. The normalized spacial score (nSPS) is 26.9. The number of nitrogens with zero attached hydrogens (tertiary/aromatic N) is 1. The molecule has 1 aromatic rings. The molecule has 0 bridgehead atoms. The summed E-state index contributed by atoms with van der Waals surface area (Å²) in [4.78, 5) is 0. The van der Waals surface area contributed by atoms with Crippen molar-refractivity contribution in [2.75, 3.05) is 0 Å². The summed E-state index contributed by atoms with van der Waals surface area (Å²) in [6.45, 7) is 2.23. The number of hydrogen-bond acceptors (Lipinski definition) is 2. The molecule has 1 aromatic carbocycles. The van der Waals surface area contributed by atoms with E-state index in [9.17, 15) is 0 Å². The monoisotopic (exact) mass is 254 g/mol. The average molecular weight is 254 g/mol. The summed E-state index contributed by atoms with van der Waals surface area (Å²) in [6.07, 6.45) is 7.18. The standard InChI is InChI=1S/C17H22N2/c1-12(19-17-7-3-6-16(17)11-18)14-9-8-13-4-2-5-15(13)10-14/h8-10,12,16-17,19H,2-7H2,1H3. The second kappa shape index (κ2) is 5.35. The molecule has 0 amide bonds. The molecule has 0 heterocycles. The second-order valence-electron chi connectivity index (χ2n) is 6.04. The highest BCUT2D eigenvalue weighted by Gasteiger charge is 2.28. The first-order chi connectivity index (χ1) is 9.28. The van der Waals surface area contributed by atoms with Gasteiger partial charge in [-0.3, -0.25) is 0 Å². The summed E-state index contributed by atoms with van der Waals surface area (Å²) in [5, 5.41) is 12.8. The third-order valence-corrected chi connectivity index (χ3v) is 4.77. The van der Waals surface area contributed by atoms with Crippen LogP contribution in [-0.4, -0.2) is 6.04 Å². The van der Waals surface area contributed by atoms with E-state index in [1.54, 1.807) is 0 Å². The van der Waals surface area contributed by atoms with Gasteiger partial charge in [0, 0.05) is 12.1 Å². The molecule has 0 saturated heterocycles. The highest BCUT2D eigenvalue weighted by Crippen LogP contribution is 2.29. The summed E-state index contributed by atoms with van der Waals surface area (Å²) in [6, 6.07) is 10.1. The molecule has 3 rings (SSSR count). The van der Waals surface area contributed by atoms with Gasteiger partial charge < -0.3 is 5.32 Å². The second-order valence-corrected chi connectivity index (χ2v) is 6.04. The average Bonchev–Trinajstić information content (AvgIpc) is 3.05. The van der Waals surface area contributed by atoms with Gasteiger partial charge in [0.25, 0.3) is 0 Å². The van der Waals surface area contributed by atoms with Crippen LogP contribution in [-0.2, 0) is 12.8 Å². The Kier molecular flexibility index (Phi) is 3.57. The zero-order chi connectivity index (χ0) is 13.2. The van der Waals surface area contributed by atoms with Crippen LogP contribution in [0.25, 0.3) is 0 Å². The number of nitrogens with one attached hydrogen (secondary N) is 1. The van der Waals surface area contributed by atoms with Gasteiger partial charge in [-0.2, -0.15) is 5.26 Å². The smallest absolute Gasteiger partial charge is 0.0672 e. The number of benzene rings is 1. The molecule has 3 unspecified atom stereocenters. The maximum Gasteiger partial charge on any atom is 0.0672 e. The number of rotatable bonds is 3. The zero-order valence-corrected chi connectivity index (χ0v) is 11.7. The highest BCUT2D eigenvalue weighted by atomic mass is 15.0. The summed E-state index contributed by atoms with van der Waals surface area (Å²) in [5.41, 5.74) is 4.45. The number of aryl methyl sites for hydroxylation is 2. The highest BCUT2D eigenvalue weighted by molar-refractivity contribution is 5.36. The van der Waals surface area contributed by atoms with Crippen LogP contribution in [0.5, 0.6) is 0 Å². The summed E-state index contributed by atoms with van der Waals surface area (Å²) < 4.78 is 0. The lowest BCUT2D eigenvalue weighted by atomic mass is 9.99. The van der Waals surface area contributed by atoms with Crippen molar-refractivity contribution in [3.8, 4) is 6.07 Å². The Balaban J connectivity index is 1.70. The Bertz CT molecular complexity index is 500. The molecular weight excluding hydrogens is 232 g/mol. The van der Waals surface area contributed by atoms with E-state index >= 15 is 0 Å². The maximum absolute atomic E-state index is 9.16. The van der Waals surface area contributed by atoms with Crippen LogP contribution < -0.4 is 5.32 Å². The van der Waals surface area contributed by atoms with E-state index < -0.39 is 0 Å². The molecule has 0 radical (unpaired) electrons. The van der Waals surface area contributed by atoms with Gasteiger partial charge in [-0.15, -0.1) is 0 Å². The summed E-state index contributed by atoms with van der Waals surface area (Å²) >= 11 is 0. The van der Waals surface area contributed by atoms with Gasteiger partial charge in [-0.25, -0.2) is 0 Å². The minimum atomic E-state index is 0.205. The van der Waals surface area contributed by atoms with E-state index in [0.29, 0.717) is 12.1 Å². The molecule has 0 aliphatic heterocycles.